The summed E-state index contributed by atoms with van der Waals surface area (Å²) in [5, 5.41) is -0.157. The molecule has 0 amide bonds. The molecule has 4 nitrogen and oxygen atoms in total. The predicted molar refractivity (Wildman–Crippen MR) is 53.2 cm³/mol. The zero-order valence-electron chi connectivity index (χ0n) is 7.70. The van der Waals surface area contributed by atoms with Crippen LogP contribution in [0, 0.1) is 5.82 Å². The van der Waals surface area contributed by atoms with Gasteiger partial charge in [0.25, 0.3) is 10.1 Å². The molecule has 0 aliphatic heterocycles. The van der Waals surface area contributed by atoms with Crippen molar-refractivity contribution in [2.24, 2.45) is 0 Å². The summed E-state index contributed by atoms with van der Waals surface area (Å²) in [5.41, 5.74) is -0.307. The molecular weight excluding hydrogens is 247 g/mol. The molecule has 0 saturated carbocycles. The average molecular weight is 255 g/mol. The summed E-state index contributed by atoms with van der Waals surface area (Å²) in [6.07, 6.45) is 0. The van der Waals surface area contributed by atoms with Gasteiger partial charge in [-0.2, -0.15) is 8.42 Å². The third-order valence-electron chi connectivity index (χ3n) is 1.70. The Morgan fingerprint density at radius 2 is 2.13 bits per heavy atom. The van der Waals surface area contributed by atoms with Crippen LogP contribution >= 0.6 is 11.6 Å². The molecule has 0 unspecified atom stereocenters. The second-order valence-electron chi connectivity index (χ2n) is 2.77. The fourth-order valence-corrected chi connectivity index (χ4v) is 2.07. The molecule has 0 aromatic heterocycles. The van der Waals surface area contributed by atoms with E-state index in [9.17, 15) is 12.8 Å². The highest BCUT2D eigenvalue weighted by molar-refractivity contribution is 7.85. The molecule has 0 saturated heterocycles. The Labute approximate surface area is 91.4 Å². The summed E-state index contributed by atoms with van der Waals surface area (Å²) in [5.74, 6) is -1.54. The molecular formula is C8H8ClFO4S. The van der Waals surface area contributed by atoms with Crippen LogP contribution in [0.15, 0.2) is 12.1 Å². The van der Waals surface area contributed by atoms with Crippen LogP contribution < -0.4 is 4.74 Å². The lowest BCUT2D eigenvalue weighted by atomic mass is 10.2. The third-order valence-corrected chi connectivity index (χ3v) is 2.77. The zero-order valence-corrected chi connectivity index (χ0v) is 9.27. The van der Waals surface area contributed by atoms with E-state index in [1.165, 1.54) is 13.2 Å². The standard InChI is InChI=1S/C8H8ClFO4S/c1-14-7-3-2-6(10)5(8(7)9)4-15(11,12)13/h2-3H,4H2,1H3,(H,11,12,13). The van der Waals surface area contributed by atoms with E-state index < -0.39 is 21.7 Å². The Bertz CT molecular complexity index is 472. The summed E-state index contributed by atoms with van der Waals surface area (Å²) in [7, 11) is -3.01. The summed E-state index contributed by atoms with van der Waals surface area (Å²) < 4.78 is 47.7. The number of rotatable bonds is 3. The van der Waals surface area contributed by atoms with Crippen LogP contribution in [-0.4, -0.2) is 20.1 Å². The molecule has 1 aromatic rings. The van der Waals surface area contributed by atoms with E-state index in [1.807, 2.05) is 0 Å². The fraction of sp³-hybridized carbons (Fsp3) is 0.250. The van der Waals surface area contributed by atoms with Gasteiger partial charge in [-0.1, -0.05) is 11.6 Å². The molecule has 0 radical (unpaired) electrons. The Morgan fingerprint density at radius 3 is 2.60 bits per heavy atom. The first-order valence-electron chi connectivity index (χ1n) is 3.81. The normalized spacial score (nSPS) is 11.5. The Balaban J connectivity index is 3.27. The molecule has 1 aromatic carbocycles. The molecule has 0 atom stereocenters. The predicted octanol–water partition coefficient (Wildman–Crippen LogP) is 1.88. The maximum Gasteiger partial charge on any atom is 0.269 e. The van der Waals surface area contributed by atoms with Crippen LogP contribution in [0.4, 0.5) is 4.39 Å². The number of hydrogen-bond donors (Lipinski definition) is 1. The molecule has 84 valence electrons. The van der Waals surface area contributed by atoms with Gasteiger partial charge < -0.3 is 4.74 Å². The Hall–Kier alpha value is -0.850. The van der Waals surface area contributed by atoms with Gasteiger partial charge in [0.15, 0.2) is 0 Å². The van der Waals surface area contributed by atoms with E-state index >= 15 is 0 Å². The van der Waals surface area contributed by atoms with Crippen molar-refractivity contribution in [1.29, 1.82) is 0 Å². The molecule has 0 heterocycles. The van der Waals surface area contributed by atoms with Crippen LogP contribution in [0.2, 0.25) is 5.02 Å². The average Bonchev–Trinajstić information content (AvgIpc) is 2.11. The van der Waals surface area contributed by atoms with Crippen molar-refractivity contribution in [3.8, 4) is 5.75 Å². The molecule has 0 fully saturated rings. The summed E-state index contributed by atoms with van der Waals surface area (Å²) in [6.45, 7) is 0. The van der Waals surface area contributed by atoms with Gasteiger partial charge in [-0.25, -0.2) is 4.39 Å². The van der Waals surface area contributed by atoms with Crippen LogP contribution in [0.25, 0.3) is 0 Å². The van der Waals surface area contributed by atoms with E-state index in [0.29, 0.717) is 0 Å². The molecule has 1 rings (SSSR count). The van der Waals surface area contributed by atoms with Gasteiger partial charge in [0.05, 0.1) is 12.1 Å². The van der Waals surface area contributed by atoms with Crippen molar-refractivity contribution in [3.05, 3.63) is 28.5 Å². The minimum absolute atomic E-state index is 0.150. The van der Waals surface area contributed by atoms with Gasteiger partial charge in [-0.3, -0.25) is 4.55 Å². The van der Waals surface area contributed by atoms with E-state index in [2.05, 4.69) is 0 Å². The van der Waals surface area contributed by atoms with Crippen LogP contribution in [0.3, 0.4) is 0 Å². The first kappa shape index (κ1) is 12.2. The van der Waals surface area contributed by atoms with Crippen molar-refractivity contribution >= 4 is 21.7 Å². The number of benzene rings is 1. The second-order valence-corrected chi connectivity index (χ2v) is 4.60. The largest absolute Gasteiger partial charge is 0.495 e. The molecule has 0 aliphatic rings. The first-order valence-corrected chi connectivity index (χ1v) is 5.80. The highest BCUT2D eigenvalue weighted by atomic mass is 35.5. The summed E-state index contributed by atoms with van der Waals surface area (Å²) in [4.78, 5) is 0. The van der Waals surface area contributed by atoms with Crippen molar-refractivity contribution in [3.63, 3.8) is 0 Å². The first-order chi connectivity index (χ1) is 6.85. The maximum atomic E-state index is 13.2. The number of methoxy groups -OCH3 is 1. The minimum Gasteiger partial charge on any atom is -0.495 e. The maximum absolute atomic E-state index is 13.2. The molecule has 0 aliphatic carbocycles. The van der Waals surface area contributed by atoms with Gasteiger partial charge in [0, 0.05) is 5.56 Å². The van der Waals surface area contributed by atoms with Gasteiger partial charge in [0.1, 0.15) is 17.3 Å². The Kier molecular flexibility index (Phi) is 3.54. The SMILES string of the molecule is COc1ccc(F)c(CS(=O)(=O)O)c1Cl. The molecule has 15 heavy (non-hydrogen) atoms. The lowest BCUT2D eigenvalue weighted by Crippen LogP contribution is -2.05. The van der Waals surface area contributed by atoms with Crippen LogP contribution in [0.1, 0.15) is 5.56 Å². The quantitative estimate of drug-likeness (QED) is 0.837. The monoisotopic (exact) mass is 254 g/mol. The van der Waals surface area contributed by atoms with Gasteiger partial charge in [-0.15, -0.1) is 0 Å². The van der Waals surface area contributed by atoms with E-state index in [-0.39, 0.29) is 16.3 Å². The number of hydrogen-bond acceptors (Lipinski definition) is 3. The topological polar surface area (TPSA) is 63.6 Å². The van der Waals surface area contributed by atoms with Gasteiger partial charge >= 0.3 is 0 Å². The molecule has 0 spiro atoms. The molecule has 7 heteroatoms. The number of ether oxygens (including phenoxy) is 1. The van der Waals surface area contributed by atoms with E-state index in [4.69, 9.17) is 20.9 Å². The van der Waals surface area contributed by atoms with Crippen LogP contribution in [-0.2, 0) is 15.9 Å². The fourth-order valence-electron chi connectivity index (χ4n) is 1.05. The lowest BCUT2D eigenvalue weighted by molar-refractivity contribution is 0.413. The van der Waals surface area contributed by atoms with Gasteiger partial charge in [-0.05, 0) is 12.1 Å². The lowest BCUT2D eigenvalue weighted by Gasteiger charge is -2.08. The summed E-state index contributed by atoms with van der Waals surface area (Å²) in [6, 6.07) is 2.29. The van der Waals surface area contributed by atoms with E-state index in [1.54, 1.807) is 0 Å². The smallest absolute Gasteiger partial charge is 0.269 e. The molecule has 1 N–H and O–H groups in total. The van der Waals surface area contributed by atoms with Crippen LogP contribution in [0.5, 0.6) is 5.75 Å². The molecule has 0 bridgehead atoms. The highest BCUT2D eigenvalue weighted by Gasteiger charge is 2.17. The van der Waals surface area contributed by atoms with Crippen molar-refractivity contribution in [2.45, 2.75) is 5.75 Å². The Morgan fingerprint density at radius 1 is 1.53 bits per heavy atom. The van der Waals surface area contributed by atoms with Gasteiger partial charge in [0.2, 0.25) is 0 Å². The third kappa shape index (κ3) is 3.05. The van der Waals surface area contributed by atoms with Crippen molar-refractivity contribution in [1.82, 2.24) is 0 Å². The zero-order chi connectivity index (χ0) is 11.6. The highest BCUT2D eigenvalue weighted by Crippen LogP contribution is 2.30. The summed E-state index contributed by atoms with van der Waals surface area (Å²) >= 11 is 5.68. The van der Waals surface area contributed by atoms with Crippen molar-refractivity contribution in [2.75, 3.05) is 7.11 Å². The number of halogens is 2. The second kappa shape index (κ2) is 4.34. The minimum atomic E-state index is -4.33. The van der Waals surface area contributed by atoms with E-state index in [0.717, 1.165) is 6.07 Å². The van der Waals surface area contributed by atoms with Crippen molar-refractivity contribution < 1.29 is 22.1 Å².